The lowest BCUT2D eigenvalue weighted by Gasteiger charge is -2.12. The molecule has 0 fully saturated rings. The molecule has 190 valence electrons. The van der Waals surface area contributed by atoms with E-state index in [1.165, 1.54) is 62.0 Å². The molecule has 0 unspecified atom stereocenters. The number of carbonyl (C=O) groups excluding carboxylic acids is 1. The van der Waals surface area contributed by atoms with Gasteiger partial charge in [-0.15, -0.1) is 0 Å². The molecule has 5 aromatic rings. The van der Waals surface area contributed by atoms with Gasteiger partial charge in [0.05, 0.1) is 30.2 Å². The van der Waals surface area contributed by atoms with Crippen molar-refractivity contribution in [1.29, 1.82) is 0 Å². The highest BCUT2D eigenvalue weighted by atomic mass is 19.1. The molecule has 1 N–H and O–H groups in total. The molecular weight excluding hydrogens is 496 g/mol. The fourth-order valence-electron chi connectivity index (χ4n) is 3.70. The Morgan fingerprint density at radius 2 is 1.76 bits per heavy atom. The van der Waals surface area contributed by atoms with Crippen molar-refractivity contribution in [2.75, 3.05) is 12.4 Å². The first-order valence-corrected chi connectivity index (χ1v) is 11.3. The highest BCUT2D eigenvalue weighted by Gasteiger charge is 2.17. The smallest absolute Gasteiger partial charge is 0.284 e. The van der Waals surface area contributed by atoms with E-state index in [1.807, 2.05) is 0 Å². The van der Waals surface area contributed by atoms with E-state index in [0.717, 1.165) is 10.7 Å². The number of benzene rings is 2. The molecule has 0 aliphatic rings. The first-order valence-electron chi connectivity index (χ1n) is 11.3. The van der Waals surface area contributed by atoms with Gasteiger partial charge < -0.3 is 14.8 Å². The monoisotopic (exact) mass is 515 g/mol. The van der Waals surface area contributed by atoms with E-state index >= 15 is 0 Å². The van der Waals surface area contributed by atoms with Crippen LogP contribution in [0, 0.1) is 18.6 Å². The quantitative estimate of drug-likeness (QED) is 0.346. The fraction of sp³-hybridized carbons (Fsp3) is 0.0741. The third-order valence-electron chi connectivity index (χ3n) is 5.51. The van der Waals surface area contributed by atoms with Crippen molar-refractivity contribution in [2.45, 2.75) is 6.92 Å². The predicted molar refractivity (Wildman–Crippen MR) is 135 cm³/mol. The van der Waals surface area contributed by atoms with Crippen molar-refractivity contribution < 1.29 is 23.0 Å². The molecule has 38 heavy (non-hydrogen) atoms. The van der Waals surface area contributed by atoms with Gasteiger partial charge in [0.2, 0.25) is 0 Å². The highest BCUT2D eigenvalue weighted by molar-refractivity contribution is 6.04. The number of fused-ring (bicyclic) bond motifs is 1. The Labute approximate surface area is 214 Å². The topological polar surface area (TPSA) is 108 Å². The summed E-state index contributed by atoms with van der Waals surface area (Å²) < 4.78 is 40.1. The largest absolute Gasteiger partial charge is 0.495 e. The third kappa shape index (κ3) is 4.89. The Morgan fingerprint density at radius 1 is 0.974 bits per heavy atom. The van der Waals surface area contributed by atoms with Crippen molar-refractivity contribution in [2.24, 2.45) is 0 Å². The molecule has 11 heteroatoms. The van der Waals surface area contributed by atoms with Crippen LogP contribution in [0.15, 0.2) is 77.9 Å². The molecule has 3 heterocycles. The minimum Gasteiger partial charge on any atom is -0.495 e. The number of aryl methyl sites for hydroxylation is 1. The van der Waals surface area contributed by atoms with Crippen LogP contribution in [-0.4, -0.2) is 32.8 Å². The SMILES string of the molecule is COc1cnc2c(Oc3ccc(NC(=O)c4cc(C)nn(-c5ccc(F)cc5)c4=O)cc3F)ccnc2c1. The zero-order chi connectivity index (χ0) is 26.8. The number of carbonyl (C=O) groups is 1. The van der Waals surface area contributed by atoms with Crippen molar-refractivity contribution >= 4 is 22.6 Å². The standard InChI is InChI=1S/C27H19F2N5O4/c1-15-11-20(27(36)34(33-15)18-6-3-16(28)4-7-18)26(35)32-17-5-8-23(21(29)12-17)38-24-9-10-30-22-13-19(37-2)14-31-25(22)24/h3-14H,1-2H3,(H,32,35). The van der Waals surface area contributed by atoms with E-state index in [1.54, 1.807) is 19.1 Å². The van der Waals surface area contributed by atoms with Gasteiger partial charge in [0.15, 0.2) is 17.3 Å². The van der Waals surface area contributed by atoms with Crippen LogP contribution in [-0.2, 0) is 0 Å². The molecule has 0 saturated carbocycles. The summed E-state index contributed by atoms with van der Waals surface area (Å²) in [5, 5.41) is 6.64. The Kier molecular flexibility index (Phi) is 6.48. The fourth-order valence-corrected chi connectivity index (χ4v) is 3.70. The van der Waals surface area contributed by atoms with Crippen LogP contribution in [0.3, 0.4) is 0 Å². The molecular formula is C27H19F2N5O4. The van der Waals surface area contributed by atoms with Gasteiger partial charge in [-0.05, 0) is 49.4 Å². The summed E-state index contributed by atoms with van der Waals surface area (Å²) in [4.78, 5) is 34.4. The molecule has 2 aromatic carbocycles. The Hall–Kier alpha value is -5.19. The van der Waals surface area contributed by atoms with Gasteiger partial charge in [-0.25, -0.2) is 13.8 Å². The van der Waals surface area contributed by atoms with E-state index < -0.39 is 23.1 Å². The van der Waals surface area contributed by atoms with E-state index in [2.05, 4.69) is 20.4 Å². The number of anilines is 1. The van der Waals surface area contributed by atoms with E-state index in [0.29, 0.717) is 28.2 Å². The van der Waals surface area contributed by atoms with Crippen LogP contribution >= 0.6 is 0 Å². The molecule has 0 saturated heterocycles. The normalized spacial score (nSPS) is 10.8. The molecule has 0 aliphatic carbocycles. The lowest BCUT2D eigenvalue weighted by molar-refractivity contribution is 0.102. The van der Waals surface area contributed by atoms with E-state index in [9.17, 15) is 18.4 Å². The number of pyridine rings is 2. The number of ether oxygens (including phenoxy) is 2. The van der Waals surface area contributed by atoms with Crippen molar-refractivity contribution in [3.05, 3.63) is 106 Å². The summed E-state index contributed by atoms with van der Waals surface area (Å²) in [5.41, 5.74) is 0.759. The maximum atomic E-state index is 14.9. The van der Waals surface area contributed by atoms with Crippen LogP contribution < -0.4 is 20.3 Å². The Balaban J connectivity index is 1.39. The van der Waals surface area contributed by atoms with Gasteiger partial charge in [-0.1, -0.05) is 0 Å². The molecule has 3 aromatic heterocycles. The number of methoxy groups -OCH3 is 1. The van der Waals surface area contributed by atoms with Crippen molar-refractivity contribution in [3.8, 4) is 22.9 Å². The van der Waals surface area contributed by atoms with E-state index in [-0.39, 0.29) is 22.7 Å². The van der Waals surface area contributed by atoms with Crippen LogP contribution in [0.1, 0.15) is 16.1 Å². The lowest BCUT2D eigenvalue weighted by Crippen LogP contribution is -2.30. The minimum atomic E-state index is -0.761. The van der Waals surface area contributed by atoms with Gasteiger partial charge >= 0.3 is 0 Å². The number of nitrogens with zero attached hydrogens (tertiary/aromatic N) is 4. The number of hydrogen-bond donors (Lipinski definition) is 1. The summed E-state index contributed by atoms with van der Waals surface area (Å²) in [6, 6.07) is 13.5. The third-order valence-corrected chi connectivity index (χ3v) is 5.51. The van der Waals surface area contributed by atoms with Gasteiger partial charge in [-0.3, -0.25) is 14.6 Å². The molecule has 0 atom stereocenters. The average Bonchev–Trinajstić information content (AvgIpc) is 2.91. The van der Waals surface area contributed by atoms with Crippen LogP contribution in [0.25, 0.3) is 16.7 Å². The minimum absolute atomic E-state index is 0.101. The number of hydrogen-bond acceptors (Lipinski definition) is 7. The van der Waals surface area contributed by atoms with Crippen LogP contribution in [0.2, 0.25) is 0 Å². The predicted octanol–water partition coefficient (Wildman–Crippen LogP) is 4.82. The maximum Gasteiger partial charge on any atom is 0.284 e. The van der Waals surface area contributed by atoms with Gasteiger partial charge in [0.25, 0.3) is 11.5 Å². The van der Waals surface area contributed by atoms with Crippen molar-refractivity contribution in [3.63, 3.8) is 0 Å². The first-order chi connectivity index (χ1) is 18.3. The van der Waals surface area contributed by atoms with Crippen LogP contribution in [0.4, 0.5) is 14.5 Å². The van der Waals surface area contributed by atoms with Gasteiger partial charge in [0, 0.05) is 30.1 Å². The summed E-state index contributed by atoms with van der Waals surface area (Å²) in [7, 11) is 1.51. The summed E-state index contributed by atoms with van der Waals surface area (Å²) >= 11 is 0. The second kappa shape index (κ2) is 10.1. The Morgan fingerprint density at radius 3 is 2.50 bits per heavy atom. The van der Waals surface area contributed by atoms with Crippen molar-refractivity contribution in [1.82, 2.24) is 19.7 Å². The lowest BCUT2D eigenvalue weighted by atomic mass is 10.2. The molecule has 0 spiro atoms. The second-order valence-corrected chi connectivity index (χ2v) is 8.15. The average molecular weight is 515 g/mol. The number of aromatic nitrogens is 4. The first kappa shape index (κ1) is 24.5. The molecule has 0 radical (unpaired) electrons. The number of nitrogens with one attached hydrogen (secondary N) is 1. The molecule has 0 aliphatic heterocycles. The van der Waals surface area contributed by atoms with Crippen LogP contribution in [0.5, 0.6) is 17.2 Å². The number of halogens is 2. The molecule has 9 nitrogen and oxygen atoms in total. The summed E-state index contributed by atoms with van der Waals surface area (Å²) in [6.07, 6.45) is 3.00. The summed E-state index contributed by atoms with van der Waals surface area (Å²) in [5.74, 6) is -1.30. The maximum absolute atomic E-state index is 14.9. The molecule has 0 bridgehead atoms. The highest BCUT2D eigenvalue weighted by Crippen LogP contribution is 2.31. The van der Waals surface area contributed by atoms with Gasteiger partial charge in [0.1, 0.15) is 22.6 Å². The Bertz CT molecular complexity index is 1740. The molecule has 5 rings (SSSR count). The molecule has 1 amide bonds. The zero-order valence-electron chi connectivity index (χ0n) is 20.1. The summed E-state index contributed by atoms with van der Waals surface area (Å²) in [6.45, 7) is 1.61. The zero-order valence-corrected chi connectivity index (χ0v) is 20.1. The van der Waals surface area contributed by atoms with E-state index in [4.69, 9.17) is 9.47 Å². The van der Waals surface area contributed by atoms with Gasteiger partial charge in [-0.2, -0.15) is 9.78 Å². The second-order valence-electron chi connectivity index (χ2n) is 8.15. The number of rotatable bonds is 6. The number of amides is 1.